The van der Waals surface area contributed by atoms with Gasteiger partial charge in [-0.2, -0.15) is 4.31 Å². The van der Waals surface area contributed by atoms with Crippen molar-refractivity contribution < 1.29 is 22.3 Å². The minimum atomic E-state index is -4.19. The number of benzene rings is 1. The summed E-state index contributed by atoms with van der Waals surface area (Å²) in [5.74, 6) is -2.37. The van der Waals surface area contributed by atoms with Gasteiger partial charge in [-0.05, 0) is 30.9 Å². The van der Waals surface area contributed by atoms with Crippen molar-refractivity contribution in [2.24, 2.45) is 5.92 Å². The second kappa shape index (κ2) is 5.52. The predicted octanol–water partition coefficient (Wildman–Crippen LogP) is 1.36. The third-order valence-corrected chi connectivity index (χ3v) is 5.17. The average molecular weight is 291 g/mol. The average Bonchev–Trinajstić information content (AvgIpc) is 2.38. The smallest absolute Gasteiger partial charge is 0.248 e. The van der Waals surface area contributed by atoms with Crippen molar-refractivity contribution in [3.05, 3.63) is 29.8 Å². The second-order valence-electron chi connectivity index (χ2n) is 4.60. The van der Waals surface area contributed by atoms with Gasteiger partial charge >= 0.3 is 0 Å². The number of aliphatic hydroxyl groups excluding tert-OH is 1. The Hall–Kier alpha value is -1.05. The lowest BCUT2D eigenvalue weighted by Gasteiger charge is -2.31. The van der Waals surface area contributed by atoms with Crippen molar-refractivity contribution in [1.82, 2.24) is 4.31 Å². The molecule has 1 aliphatic heterocycles. The number of sulfonamides is 1. The van der Waals surface area contributed by atoms with Gasteiger partial charge in [0, 0.05) is 19.7 Å². The number of rotatable bonds is 3. The summed E-state index contributed by atoms with van der Waals surface area (Å²) < 4.78 is 52.7. The van der Waals surface area contributed by atoms with Crippen LogP contribution in [0.5, 0.6) is 0 Å². The summed E-state index contributed by atoms with van der Waals surface area (Å²) in [6, 6.07) is 2.96. The van der Waals surface area contributed by atoms with Crippen LogP contribution >= 0.6 is 0 Å². The van der Waals surface area contributed by atoms with E-state index in [0.717, 1.165) is 22.5 Å². The molecule has 1 saturated heterocycles. The van der Waals surface area contributed by atoms with Crippen LogP contribution in [0.2, 0.25) is 0 Å². The van der Waals surface area contributed by atoms with E-state index in [0.29, 0.717) is 12.8 Å². The van der Waals surface area contributed by atoms with Crippen molar-refractivity contribution in [2.45, 2.75) is 17.7 Å². The van der Waals surface area contributed by atoms with Crippen LogP contribution < -0.4 is 0 Å². The normalized spacial score (nSPS) is 21.5. The molecule has 1 aliphatic rings. The van der Waals surface area contributed by atoms with Gasteiger partial charge in [-0.1, -0.05) is 6.07 Å². The molecule has 0 aromatic heterocycles. The predicted molar refractivity (Wildman–Crippen MR) is 64.9 cm³/mol. The monoisotopic (exact) mass is 291 g/mol. The van der Waals surface area contributed by atoms with Gasteiger partial charge < -0.3 is 5.11 Å². The summed E-state index contributed by atoms with van der Waals surface area (Å²) in [6.45, 7) is 0.172. The maximum absolute atomic E-state index is 13.6. The van der Waals surface area contributed by atoms with E-state index >= 15 is 0 Å². The fourth-order valence-corrected chi connectivity index (χ4v) is 3.92. The van der Waals surface area contributed by atoms with E-state index in [1.807, 2.05) is 0 Å². The van der Waals surface area contributed by atoms with Crippen LogP contribution in [0.25, 0.3) is 0 Å². The molecule has 1 fully saturated rings. The van der Waals surface area contributed by atoms with Gasteiger partial charge in [0.25, 0.3) is 0 Å². The molecule has 2 rings (SSSR count). The highest BCUT2D eigenvalue weighted by Crippen LogP contribution is 2.26. The lowest BCUT2D eigenvalue weighted by Crippen LogP contribution is -2.41. The summed E-state index contributed by atoms with van der Waals surface area (Å²) in [5, 5.41) is 9.08. The molecule has 1 atom stereocenters. The van der Waals surface area contributed by atoms with Gasteiger partial charge in [0.05, 0.1) is 0 Å². The van der Waals surface area contributed by atoms with Crippen molar-refractivity contribution in [1.29, 1.82) is 0 Å². The van der Waals surface area contributed by atoms with Crippen molar-refractivity contribution in [2.75, 3.05) is 19.7 Å². The van der Waals surface area contributed by atoms with E-state index in [1.54, 1.807) is 0 Å². The highest BCUT2D eigenvalue weighted by molar-refractivity contribution is 7.89. The molecule has 1 aromatic rings. The number of hydrogen-bond acceptors (Lipinski definition) is 3. The van der Waals surface area contributed by atoms with Crippen molar-refractivity contribution in [3.63, 3.8) is 0 Å². The van der Waals surface area contributed by atoms with E-state index in [9.17, 15) is 17.2 Å². The molecule has 0 bridgehead atoms. The third kappa shape index (κ3) is 2.77. The Labute approximate surface area is 110 Å². The summed E-state index contributed by atoms with van der Waals surface area (Å²) in [5.41, 5.74) is 0. The Morgan fingerprint density at radius 1 is 1.32 bits per heavy atom. The van der Waals surface area contributed by atoms with E-state index in [4.69, 9.17) is 5.11 Å². The Kier molecular flexibility index (Phi) is 4.17. The van der Waals surface area contributed by atoms with E-state index in [2.05, 4.69) is 0 Å². The van der Waals surface area contributed by atoms with Gasteiger partial charge in [-0.15, -0.1) is 0 Å². The summed E-state index contributed by atoms with van der Waals surface area (Å²) in [7, 11) is -4.19. The summed E-state index contributed by atoms with van der Waals surface area (Å²) in [6.07, 6.45) is 1.28. The lowest BCUT2D eigenvalue weighted by atomic mass is 10.0. The first kappa shape index (κ1) is 14.4. The maximum Gasteiger partial charge on any atom is 0.248 e. The molecule has 0 saturated carbocycles. The zero-order chi connectivity index (χ0) is 14.0. The van der Waals surface area contributed by atoms with Crippen LogP contribution in [0.4, 0.5) is 8.78 Å². The van der Waals surface area contributed by atoms with Crippen LogP contribution in [0.15, 0.2) is 23.1 Å². The molecule has 1 unspecified atom stereocenters. The fraction of sp³-hybridized carbons (Fsp3) is 0.500. The van der Waals surface area contributed by atoms with E-state index in [1.165, 1.54) is 0 Å². The van der Waals surface area contributed by atoms with Crippen LogP contribution in [0.3, 0.4) is 0 Å². The summed E-state index contributed by atoms with van der Waals surface area (Å²) >= 11 is 0. The Morgan fingerprint density at radius 2 is 1.95 bits per heavy atom. The van der Waals surface area contributed by atoms with Crippen LogP contribution in [-0.4, -0.2) is 37.5 Å². The Morgan fingerprint density at radius 3 is 2.53 bits per heavy atom. The minimum absolute atomic E-state index is 0.0899. The highest BCUT2D eigenvalue weighted by Gasteiger charge is 2.33. The topological polar surface area (TPSA) is 57.6 Å². The SMILES string of the molecule is O=S(=O)(c1c(F)cccc1F)N1CCCC(CO)C1. The first-order chi connectivity index (χ1) is 8.96. The quantitative estimate of drug-likeness (QED) is 0.915. The third-order valence-electron chi connectivity index (χ3n) is 3.26. The number of piperidine rings is 1. The van der Waals surface area contributed by atoms with Crippen molar-refractivity contribution >= 4 is 10.0 Å². The molecule has 1 aromatic carbocycles. The molecule has 0 amide bonds. The van der Waals surface area contributed by atoms with Crippen LogP contribution in [0, 0.1) is 17.6 Å². The fourth-order valence-electron chi connectivity index (χ4n) is 2.25. The molecule has 4 nitrogen and oxygen atoms in total. The van der Waals surface area contributed by atoms with Gasteiger partial charge in [0.1, 0.15) is 11.6 Å². The molecule has 1 heterocycles. The second-order valence-corrected chi connectivity index (χ2v) is 6.48. The van der Waals surface area contributed by atoms with Crippen LogP contribution in [-0.2, 0) is 10.0 Å². The molecule has 106 valence electrons. The van der Waals surface area contributed by atoms with E-state index in [-0.39, 0.29) is 25.6 Å². The van der Waals surface area contributed by atoms with Crippen LogP contribution in [0.1, 0.15) is 12.8 Å². The van der Waals surface area contributed by atoms with E-state index < -0.39 is 26.6 Å². The number of aliphatic hydroxyl groups is 1. The summed E-state index contributed by atoms with van der Waals surface area (Å²) in [4.78, 5) is -0.909. The molecule has 19 heavy (non-hydrogen) atoms. The number of halogens is 2. The maximum atomic E-state index is 13.6. The minimum Gasteiger partial charge on any atom is -0.396 e. The van der Waals surface area contributed by atoms with Gasteiger partial charge in [-0.25, -0.2) is 17.2 Å². The van der Waals surface area contributed by atoms with Gasteiger partial charge in [0.2, 0.25) is 10.0 Å². The molecule has 0 aliphatic carbocycles. The molecular formula is C12H15F2NO3S. The highest BCUT2D eigenvalue weighted by atomic mass is 32.2. The zero-order valence-corrected chi connectivity index (χ0v) is 11.0. The van der Waals surface area contributed by atoms with Gasteiger partial charge in [0.15, 0.2) is 4.90 Å². The Balaban J connectivity index is 2.37. The molecule has 0 radical (unpaired) electrons. The first-order valence-corrected chi connectivity index (χ1v) is 7.46. The largest absolute Gasteiger partial charge is 0.396 e. The molecule has 0 spiro atoms. The zero-order valence-electron chi connectivity index (χ0n) is 10.2. The molecule has 7 heteroatoms. The Bertz CT molecular complexity index is 542. The first-order valence-electron chi connectivity index (χ1n) is 6.02. The lowest BCUT2D eigenvalue weighted by molar-refractivity contribution is 0.165. The van der Waals surface area contributed by atoms with Gasteiger partial charge in [-0.3, -0.25) is 0 Å². The number of nitrogens with zero attached hydrogens (tertiary/aromatic N) is 1. The number of hydrogen-bond donors (Lipinski definition) is 1. The molecule has 1 N–H and O–H groups in total. The van der Waals surface area contributed by atoms with Crippen molar-refractivity contribution in [3.8, 4) is 0 Å². The standard InChI is InChI=1S/C12H15F2NO3S/c13-10-4-1-5-11(14)12(10)19(17,18)15-6-2-3-9(7-15)8-16/h1,4-5,9,16H,2-3,6-8H2. The molecular weight excluding hydrogens is 276 g/mol.